The highest BCUT2D eigenvalue weighted by molar-refractivity contribution is 7.64. The molecule has 0 atom stereocenters. The molecule has 0 N–H and O–H groups in total. The monoisotopic (exact) mass is 791 g/mol. The number of anilines is 1. The molecule has 5 nitrogen and oxygen atoms in total. The van der Waals surface area contributed by atoms with Crippen molar-refractivity contribution in [3.8, 4) is 33.8 Å². The van der Waals surface area contributed by atoms with E-state index in [0.717, 1.165) is 71.9 Å². The van der Waals surface area contributed by atoms with E-state index in [1.54, 1.807) is 26.4 Å². The van der Waals surface area contributed by atoms with Crippen LogP contribution in [0.3, 0.4) is 0 Å². The molecule has 0 bridgehead atoms. The predicted octanol–water partition coefficient (Wildman–Crippen LogP) is 11.6. The van der Waals surface area contributed by atoms with Crippen molar-refractivity contribution < 1.29 is 22.6 Å². The van der Waals surface area contributed by atoms with Crippen molar-refractivity contribution in [3.63, 3.8) is 0 Å². The number of hydrogen-bond acceptors (Lipinski definition) is 5. The number of benzene rings is 4. The minimum atomic E-state index is -4.38. The third kappa shape index (κ3) is 8.88. The molecule has 298 valence electrons. The second kappa shape index (κ2) is 16.8. The van der Waals surface area contributed by atoms with Crippen molar-refractivity contribution in [1.29, 1.82) is 0 Å². The van der Waals surface area contributed by atoms with Crippen LogP contribution in [-0.4, -0.2) is 56.6 Å². The summed E-state index contributed by atoms with van der Waals surface area (Å²) in [6.07, 6.45) is 7.68. The van der Waals surface area contributed by atoms with E-state index in [0.29, 0.717) is 18.4 Å². The van der Waals surface area contributed by atoms with Gasteiger partial charge in [-0.1, -0.05) is 50.7 Å². The van der Waals surface area contributed by atoms with E-state index in [9.17, 15) is 13.2 Å². The van der Waals surface area contributed by atoms with E-state index in [-0.39, 0.29) is 14.0 Å². The van der Waals surface area contributed by atoms with Gasteiger partial charge in [0.05, 0.1) is 19.8 Å². The SMILES string of the molecule is COc1cc(-c2cccc(CN(c3ccc(C(F)(F)F)cc3)C3CCN(Cc4cncc(-c5cc(OC)c(C6CCC6)c(C6CC6)c5)c4)CC3)c2)ccc1P(C)C. The van der Waals surface area contributed by atoms with Crippen molar-refractivity contribution in [2.45, 2.75) is 82.1 Å². The summed E-state index contributed by atoms with van der Waals surface area (Å²) >= 11 is 0. The van der Waals surface area contributed by atoms with Crippen LogP contribution in [0.25, 0.3) is 22.3 Å². The number of hydrogen-bond donors (Lipinski definition) is 0. The summed E-state index contributed by atoms with van der Waals surface area (Å²) in [6, 6.07) is 27.7. The van der Waals surface area contributed by atoms with Gasteiger partial charge in [0.25, 0.3) is 0 Å². The molecular formula is C48H53F3N3O2P. The van der Waals surface area contributed by atoms with Crippen LogP contribution in [0.15, 0.2) is 97.3 Å². The number of alkyl halides is 3. The number of ether oxygens (including phenoxy) is 2. The van der Waals surface area contributed by atoms with Crippen molar-refractivity contribution in [1.82, 2.24) is 9.88 Å². The number of piperidine rings is 1. The fourth-order valence-corrected chi connectivity index (χ4v) is 9.74. The lowest BCUT2D eigenvalue weighted by Crippen LogP contribution is -2.44. The molecule has 0 radical (unpaired) electrons. The Morgan fingerprint density at radius 1 is 0.719 bits per heavy atom. The predicted molar refractivity (Wildman–Crippen MR) is 228 cm³/mol. The maximum Gasteiger partial charge on any atom is 0.416 e. The van der Waals surface area contributed by atoms with Crippen molar-refractivity contribution in [2.75, 3.05) is 45.5 Å². The van der Waals surface area contributed by atoms with Crippen molar-refractivity contribution in [3.05, 3.63) is 125 Å². The number of aromatic nitrogens is 1. The molecule has 1 aromatic heterocycles. The van der Waals surface area contributed by atoms with Gasteiger partial charge in [0.1, 0.15) is 11.5 Å². The summed E-state index contributed by atoms with van der Waals surface area (Å²) in [5.74, 6) is 3.19. The molecule has 8 rings (SSSR count). The van der Waals surface area contributed by atoms with Gasteiger partial charge in [-0.2, -0.15) is 13.2 Å². The summed E-state index contributed by atoms with van der Waals surface area (Å²) in [6.45, 7) is 7.59. The van der Waals surface area contributed by atoms with Gasteiger partial charge >= 0.3 is 6.18 Å². The molecule has 2 saturated carbocycles. The van der Waals surface area contributed by atoms with Crippen LogP contribution in [0, 0.1) is 0 Å². The fraction of sp³-hybridized carbons (Fsp3) is 0.396. The average molecular weight is 792 g/mol. The lowest BCUT2D eigenvalue weighted by atomic mass is 9.76. The lowest BCUT2D eigenvalue weighted by Gasteiger charge is -2.40. The van der Waals surface area contributed by atoms with Crippen molar-refractivity contribution >= 4 is 18.9 Å². The van der Waals surface area contributed by atoms with Gasteiger partial charge in [0.15, 0.2) is 0 Å². The molecule has 3 fully saturated rings. The van der Waals surface area contributed by atoms with Gasteiger partial charge in [-0.05, 0) is 146 Å². The molecule has 1 aliphatic heterocycles. The summed E-state index contributed by atoms with van der Waals surface area (Å²) in [5.41, 5.74) is 9.84. The normalized spacial score (nSPS) is 16.8. The van der Waals surface area contributed by atoms with Gasteiger partial charge in [0, 0.05) is 66.7 Å². The lowest BCUT2D eigenvalue weighted by molar-refractivity contribution is -0.137. The average Bonchev–Trinajstić information content (AvgIpc) is 4.05. The highest BCUT2D eigenvalue weighted by atomic mass is 31.1. The Morgan fingerprint density at radius 2 is 1.42 bits per heavy atom. The first-order valence-corrected chi connectivity index (χ1v) is 22.6. The third-order valence-electron chi connectivity index (χ3n) is 12.3. The number of rotatable bonds is 13. The van der Waals surface area contributed by atoms with E-state index in [4.69, 9.17) is 14.5 Å². The largest absolute Gasteiger partial charge is 0.496 e. The number of nitrogens with zero attached hydrogens (tertiary/aromatic N) is 3. The topological polar surface area (TPSA) is 37.8 Å². The zero-order valence-electron chi connectivity index (χ0n) is 33.5. The number of halogens is 3. The molecule has 5 aromatic rings. The molecule has 3 aliphatic rings. The summed E-state index contributed by atoms with van der Waals surface area (Å²) in [4.78, 5) is 9.49. The Morgan fingerprint density at radius 3 is 2.07 bits per heavy atom. The molecule has 9 heteroatoms. The van der Waals surface area contributed by atoms with Gasteiger partial charge < -0.3 is 14.4 Å². The Bertz CT molecular complexity index is 2170. The Hall–Kier alpha value is -4.39. The quantitative estimate of drug-likeness (QED) is 0.111. The van der Waals surface area contributed by atoms with Crippen LogP contribution in [0.5, 0.6) is 11.5 Å². The smallest absolute Gasteiger partial charge is 0.416 e. The first-order chi connectivity index (χ1) is 27.6. The molecule has 2 heterocycles. The third-order valence-corrected chi connectivity index (χ3v) is 13.6. The van der Waals surface area contributed by atoms with Crippen LogP contribution < -0.4 is 19.7 Å². The van der Waals surface area contributed by atoms with E-state index in [2.05, 4.69) is 83.8 Å². The van der Waals surface area contributed by atoms with E-state index < -0.39 is 11.7 Å². The molecule has 2 aliphatic carbocycles. The number of pyridine rings is 1. The first-order valence-electron chi connectivity index (χ1n) is 20.3. The summed E-state index contributed by atoms with van der Waals surface area (Å²) in [5, 5.41) is 1.23. The molecule has 4 aromatic carbocycles. The standard InChI is InChI=1S/C48H53F3N3O2P/c1-55-44-26-37(13-18-46(44)57(3)4)36-10-5-7-32(23-36)31-54(41-16-14-40(15-17-41)48(49,50)51)42-19-21-53(22-20-42)30-33-24-39(29-52-28-33)38-25-43(34-11-12-34)47(35-8-6-9-35)45(27-38)56-2/h5,7,10,13-18,23-29,34-35,42H,6,8-9,11-12,19-22,30-31H2,1-4H3. The molecular weight excluding hydrogens is 739 g/mol. The van der Waals surface area contributed by atoms with E-state index >= 15 is 0 Å². The number of likely N-dealkylation sites (tertiary alicyclic amines) is 1. The van der Waals surface area contributed by atoms with Crippen LogP contribution >= 0.6 is 7.92 Å². The van der Waals surface area contributed by atoms with Crippen LogP contribution in [0.4, 0.5) is 18.9 Å². The first kappa shape index (κ1) is 39.4. The van der Waals surface area contributed by atoms with Gasteiger partial charge in [-0.15, -0.1) is 0 Å². The molecule has 1 saturated heterocycles. The molecule has 0 unspecified atom stereocenters. The minimum Gasteiger partial charge on any atom is -0.496 e. The molecule has 0 amide bonds. The van der Waals surface area contributed by atoms with Crippen LogP contribution in [0.2, 0.25) is 0 Å². The molecule has 57 heavy (non-hydrogen) atoms. The maximum atomic E-state index is 13.6. The van der Waals surface area contributed by atoms with Crippen LogP contribution in [-0.2, 0) is 19.3 Å². The van der Waals surface area contributed by atoms with E-state index in [1.807, 2.05) is 12.4 Å². The number of methoxy groups -OCH3 is 2. The maximum absolute atomic E-state index is 13.6. The van der Waals surface area contributed by atoms with Gasteiger partial charge in [-0.25, -0.2) is 0 Å². The minimum absolute atomic E-state index is 0.168. The Balaban J connectivity index is 0.994. The second-order valence-corrected chi connectivity index (χ2v) is 18.6. The van der Waals surface area contributed by atoms with E-state index in [1.165, 1.54) is 71.8 Å². The Kier molecular flexibility index (Phi) is 11.6. The zero-order valence-corrected chi connectivity index (χ0v) is 34.4. The molecule has 0 spiro atoms. The second-order valence-electron chi connectivity index (χ2n) is 16.3. The highest BCUT2D eigenvalue weighted by Crippen LogP contribution is 2.51. The van der Waals surface area contributed by atoms with Crippen molar-refractivity contribution in [2.24, 2.45) is 0 Å². The summed E-state index contributed by atoms with van der Waals surface area (Å²) in [7, 11) is 3.21. The highest BCUT2D eigenvalue weighted by Gasteiger charge is 2.34. The zero-order chi connectivity index (χ0) is 39.7. The Labute approximate surface area is 337 Å². The van der Waals surface area contributed by atoms with Gasteiger partial charge in [-0.3, -0.25) is 9.88 Å². The fourth-order valence-electron chi connectivity index (χ4n) is 8.77. The van der Waals surface area contributed by atoms with Gasteiger partial charge in [0.2, 0.25) is 0 Å². The summed E-state index contributed by atoms with van der Waals surface area (Å²) < 4.78 is 52.6. The van der Waals surface area contributed by atoms with Crippen LogP contribution in [0.1, 0.15) is 84.6 Å².